The molecule has 13 heteroatoms. The summed E-state index contributed by atoms with van der Waals surface area (Å²) in [5.74, 6) is 2.61. The normalized spacial score (nSPS) is 16.3. The molecule has 0 aliphatic carbocycles. The fourth-order valence-corrected chi connectivity index (χ4v) is 6.53. The molecule has 1 saturated heterocycles. The van der Waals surface area contributed by atoms with Gasteiger partial charge in [0.15, 0.2) is 14.1 Å². The average Bonchev–Trinajstić information content (AvgIpc) is 3.35. The van der Waals surface area contributed by atoms with Gasteiger partial charge in [-0.25, -0.2) is 14.8 Å². The van der Waals surface area contributed by atoms with Crippen LogP contribution in [0.4, 0.5) is 10.6 Å². The Morgan fingerprint density at radius 2 is 1.88 bits per heavy atom. The molecule has 1 aliphatic rings. The van der Waals surface area contributed by atoms with Gasteiger partial charge in [-0.15, -0.1) is 0 Å². The number of likely N-dealkylation sites (N-methyl/N-ethyl adjacent to an activating group) is 1. The summed E-state index contributed by atoms with van der Waals surface area (Å²) < 4.78 is 30.0. The van der Waals surface area contributed by atoms with Gasteiger partial charge in [0, 0.05) is 37.3 Å². The fourth-order valence-electron chi connectivity index (χ4n) is 5.20. The van der Waals surface area contributed by atoms with Gasteiger partial charge >= 0.3 is 6.09 Å². The second-order valence-electron chi connectivity index (χ2n) is 15.4. The monoisotopic (exact) mass is 696 g/mol. The third-order valence-corrected chi connectivity index (χ3v) is 13.4. The van der Waals surface area contributed by atoms with Gasteiger partial charge < -0.3 is 38.7 Å². The maximum Gasteiger partial charge on any atom is 0.410 e. The molecule has 2 N–H and O–H groups in total. The molecule has 4 rings (SSSR count). The lowest BCUT2D eigenvalue weighted by Crippen LogP contribution is -2.49. The molecule has 0 saturated carbocycles. The average molecular weight is 697 g/mol. The number of amides is 1. The third-order valence-electron chi connectivity index (χ3n) is 8.91. The maximum atomic E-state index is 12.9. The summed E-state index contributed by atoms with van der Waals surface area (Å²) in [6.45, 7) is 25.7. The van der Waals surface area contributed by atoms with Gasteiger partial charge in [0.05, 0.1) is 42.8 Å². The zero-order chi connectivity index (χ0) is 36.1. The van der Waals surface area contributed by atoms with Gasteiger partial charge in [-0.2, -0.15) is 0 Å². The molecular formula is C36H56N6O6Si. The van der Waals surface area contributed by atoms with Crippen LogP contribution in [0.2, 0.25) is 18.1 Å². The van der Waals surface area contributed by atoms with Gasteiger partial charge in [-0.1, -0.05) is 38.1 Å². The Morgan fingerprint density at radius 1 is 1.14 bits per heavy atom. The lowest BCUT2D eigenvalue weighted by molar-refractivity contribution is 0.0172. The lowest BCUT2D eigenvalue weighted by atomic mass is 10.0. The van der Waals surface area contributed by atoms with Crippen LogP contribution < -0.4 is 15.4 Å². The Morgan fingerprint density at radius 3 is 2.49 bits per heavy atom. The summed E-state index contributed by atoms with van der Waals surface area (Å²) in [6, 6.07) is 7.90. The standard InChI is InChI=1S/C36H56N6O6Si/c1-23-31(30-24(2)41-47-25(30)3)39-33(40-32(23)38-19-27-21-44-17-16-37-27)26-14-13-15-28(18-26)45-22-29(48-49(11,12)36(7,8)9)20-42(10)34(43)46-35(4,5)6/h13-15,18,27,29,37H,16-17,19-22H2,1-12H3,(H,38,39,40). The number of aromatic nitrogens is 3. The summed E-state index contributed by atoms with van der Waals surface area (Å²) in [5.41, 5.74) is 3.48. The SMILES string of the molecule is Cc1noc(C)c1-c1nc(-c2cccc(OCC(CN(C)C(=O)OC(C)(C)C)O[Si](C)(C)C(C)(C)C)c2)nc(NCC2COCCN2)c1C. The molecule has 12 nitrogen and oxygen atoms in total. The van der Waals surface area contributed by atoms with E-state index >= 15 is 0 Å². The molecule has 2 atom stereocenters. The highest BCUT2D eigenvalue weighted by molar-refractivity contribution is 6.74. The van der Waals surface area contributed by atoms with Gasteiger partial charge in [-0.05, 0) is 71.8 Å². The van der Waals surface area contributed by atoms with Crippen molar-refractivity contribution >= 4 is 20.2 Å². The Balaban J connectivity index is 1.61. The molecule has 1 aromatic carbocycles. The Kier molecular flexibility index (Phi) is 12.2. The number of ether oxygens (including phenoxy) is 3. The number of carbonyl (C=O) groups is 1. The molecule has 0 spiro atoms. The molecule has 3 aromatic rings. The number of nitrogens with zero attached hydrogens (tertiary/aromatic N) is 4. The number of carbonyl (C=O) groups excluding carboxylic acids is 1. The summed E-state index contributed by atoms with van der Waals surface area (Å²) in [5, 5.41) is 11.2. The van der Waals surface area contributed by atoms with Crippen molar-refractivity contribution in [1.29, 1.82) is 0 Å². The predicted molar refractivity (Wildman–Crippen MR) is 195 cm³/mol. The zero-order valence-corrected chi connectivity index (χ0v) is 32.4. The maximum absolute atomic E-state index is 12.9. The highest BCUT2D eigenvalue weighted by atomic mass is 28.4. The Labute approximate surface area is 292 Å². The van der Waals surface area contributed by atoms with Crippen molar-refractivity contribution in [2.24, 2.45) is 0 Å². The molecule has 0 bridgehead atoms. The van der Waals surface area contributed by atoms with E-state index in [9.17, 15) is 4.79 Å². The van der Waals surface area contributed by atoms with E-state index in [1.54, 1.807) is 11.9 Å². The van der Waals surface area contributed by atoms with Crippen molar-refractivity contribution in [3.8, 4) is 28.4 Å². The number of hydrogen-bond donors (Lipinski definition) is 2. The first kappa shape index (κ1) is 38.3. The topological polar surface area (TPSA) is 133 Å². The molecule has 2 unspecified atom stereocenters. The molecule has 1 aliphatic heterocycles. The van der Waals surface area contributed by atoms with Crippen LogP contribution in [-0.2, 0) is 13.9 Å². The summed E-state index contributed by atoms with van der Waals surface area (Å²) >= 11 is 0. The number of morpholine rings is 1. The van der Waals surface area contributed by atoms with Crippen LogP contribution in [0.5, 0.6) is 5.75 Å². The first-order valence-corrected chi connectivity index (χ1v) is 20.0. The molecule has 0 radical (unpaired) electrons. The first-order chi connectivity index (χ1) is 22.8. The van der Waals surface area contributed by atoms with Gasteiger partial charge in [0.2, 0.25) is 0 Å². The summed E-state index contributed by atoms with van der Waals surface area (Å²) in [4.78, 5) is 24.4. The van der Waals surface area contributed by atoms with E-state index in [2.05, 4.69) is 49.7 Å². The highest BCUT2D eigenvalue weighted by Crippen LogP contribution is 2.38. The molecule has 2 aromatic heterocycles. The number of aryl methyl sites for hydroxylation is 2. The van der Waals surface area contributed by atoms with Gasteiger partial charge in [0.25, 0.3) is 0 Å². The Bertz CT molecular complexity index is 1560. The van der Waals surface area contributed by atoms with E-state index < -0.39 is 20.0 Å². The molecular weight excluding hydrogens is 641 g/mol. The second-order valence-corrected chi connectivity index (χ2v) is 20.1. The van der Waals surface area contributed by atoms with E-state index in [0.29, 0.717) is 43.6 Å². The van der Waals surface area contributed by atoms with Crippen LogP contribution in [0.1, 0.15) is 58.6 Å². The van der Waals surface area contributed by atoms with E-state index in [-0.39, 0.29) is 23.8 Å². The van der Waals surface area contributed by atoms with Crippen molar-refractivity contribution in [3.05, 3.63) is 41.3 Å². The number of rotatable bonds is 12. The quantitative estimate of drug-likeness (QED) is 0.195. The second kappa shape index (κ2) is 15.6. The largest absolute Gasteiger partial charge is 0.491 e. The van der Waals surface area contributed by atoms with Crippen molar-refractivity contribution in [3.63, 3.8) is 0 Å². The highest BCUT2D eigenvalue weighted by Gasteiger charge is 2.40. The van der Waals surface area contributed by atoms with E-state index in [1.807, 2.05) is 65.8 Å². The number of nitrogens with one attached hydrogen (secondary N) is 2. The number of benzene rings is 1. The third kappa shape index (κ3) is 10.3. The summed E-state index contributed by atoms with van der Waals surface area (Å²) in [6.07, 6.45) is -0.780. The van der Waals surface area contributed by atoms with Crippen molar-refractivity contribution in [2.75, 3.05) is 51.8 Å². The minimum absolute atomic E-state index is 0.0246. The zero-order valence-electron chi connectivity index (χ0n) is 31.4. The van der Waals surface area contributed by atoms with E-state index in [0.717, 1.165) is 40.4 Å². The van der Waals surface area contributed by atoms with E-state index in [4.69, 9.17) is 33.1 Å². The summed E-state index contributed by atoms with van der Waals surface area (Å²) in [7, 11) is -0.476. The fraction of sp³-hybridized carbons (Fsp3) is 0.611. The number of hydrogen-bond acceptors (Lipinski definition) is 11. The van der Waals surface area contributed by atoms with Crippen molar-refractivity contribution < 1.29 is 28.0 Å². The molecule has 270 valence electrons. The molecule has 1 fully saturated rings. The van der Waals surface area contributed by atoms with Crippen molar-refractivity contribution in [2.45, 2.75) is 98.2 Å². The molecule has 49 heavy (non-hydrogen) atoms. The van der Waals surface area contributed by atoms with Crippen LogP contribution >= 0.6 is 0 Å². The van der Waals surface area contributed by atoms with Crippen molar-refractivity contribution in [1.82, 2.24) is 25.3 Å². The Hall–Kier alpha value is -3.52. The van der Waals surface area contributed by atoms with Crippen LogP contribution in [-0.4, -0.2) is 98.7 Å². The van der Waals surface area contributed by atoms with Crippen LogP contribution in [0.3, 0.4) is 0 Å². The smallest absolute Gasteiger partial charge is 0.410 e. The van der Waals surface area contributed by atoms with Gasteiger partial charge in [-0.3, -0.25) is 0 Å². The van der Waals surface area contributed by atoms with Gasteiger partial charge in [0.1, 0.15) is 29.5 Å². The van der Waals surface area contributed by atoms with Crippen LogP contribution in [0.25, 0.3) is 22.6 Å². The van der Waals surface area contributed by atoms with Crippen LogP contribution in [0.15, 0.2) is 28.8 Å². The van der Waals surface area contributed by atoms with Crippen LogP contribution in [0, 0.1) is 20.8 Å². The minimum atomic E-state index is -2.20. The predicted octanol–water partition coefficient (Wildman–Crippen LogP) is 6.76. The first-order valence-electron chi connectivity index (χ1n) is 17.1. The lowest BCUT2D eigenvalue weighted by Gasteiger charge is -2.40. The minimum Gasteiger partial charge on any atom is -0.491 e. The number of anilines is 1. The van der Waals surface area contributed by atoms with E-state index in [1.165, 1.54) is 0 Å². The molecule has 3 heterocycles. The molecule has 1 amide bonds.